The van der Waals surface area contributed by atoms with Crippen LogP contribution in [0.15, 0.2) is 39.9 Å². The first kappa shape index (κ1) is 11.1. The Kier molecular flexibility index (Phi) is 3.34. The monoisotopic (exact) mass is 232 g/mol. The molecule has 6 nitrogen and oxygen atoms in total. The van der Waals surface area contributed by atoms with Crippen molar-refractivity contribution < 1.29 is 9.25 Å². The SMILES string of the molecule is C/C(=N\OCc1nnc(N)o1)c1ccccc1. The number of aromatic nitrogens is 2. The minimum Gasteiger partial charge on any atom is -0.404 e. The number of nitrogens with two attached hydrogens (primary N) is 1. The van der Waals surface area contributed by atoms with Gasteiger partial charge in [0.1, 0.15) is 0 Å². The summed E-state index contributed by atoms with van der Waals surface area (Å²) in [6.07, 6.45) is 0. The van der Waals surface area contributed by atoms with Crippen molar-refractivity contribution in [1.82, 2.24) is 10.2 Å². The van der Waals surface area contributed by atoms with E-state index >= 15 is 0 Å². The first-order valence-electron chi connectivity index (χ1n) is 5.05. The molecule has 0 spiro atoms. The second-order valence-electron chi connectivity index (χ2n) is 3.35. The van der Waals surface area contributed by atoms with Gasteiger partial charge in [-0.05, 0) is 12.5 Å². The summed E-state index contributed by atoms with van der Waals surface area (Å²) in [6, 6.07) is 9.74. The van der Waals surface area contributed by atoms with Crippen molar-refractivity contribution in [3.8, 4) is 0 Å². The fourth-order valence-corrected chi connectivity index (χ4v) is 1.24. The summed E-state index contributed by atoms with van der Waals surface area (Å²) in [5.41, 5.74) is 7.04. The second-order valence-corrected chi connectivity index (χ2v) is 3.35. The maximum Gasteiger partial charge on any atom is 0.312 e. The smallest absolute Gasteiger partial charge is 0.312 e. The maximum atomic E-state index is 5.27. The number of oxime groups is 1. The predicted molar refractivity (Wildman–Crippen MR) is 62.2 cm³/mol. The topological polar surface area (TPSA) is 86.5 Å². The fraction of sp³-hybridized carbons (Fsp3) is 0.182. The average molecular weight is 232 g/mol. The van der Waals surface area contributed by atoms with Gasteiger partial charge in [-0.25, -0.2) is 0 Å². The third-order valence-corrected chi connectivity index (χ3v) is 2.06. The van der Waals surface area contributed by atoms with E-state index in [1.165, 1.54) is 0 Å². The van der Waals surface area contributed by atoms with Crippen LogP contribution in [0.1, 0.15) is 18.4 Å². The van der Waals surface area contributed by atoms with Crippen LogP contribution in [0, 0.1) is 0 Å². The van der Waals surface area contributed by atoms with E-state index in [0.29, 0.717) is 5.89 Å². The minimum absolute atomic E-state index is 0.0207. The highest BCUT2D eigenvalue weighted by Gasteiger charge is 2.02. The Hall–Kier alpha value is -2.37. The van der Waals surface area contributed by atoms with Crippen LogP contribution < -0.4 is 5.73 Å². The van der Waals surface area contributed by atoms with Gasteiger partial charge >= 0.3 is 6.01 Å². The highest BCUT2D eigenvalue weighted by molar-refractivity contribution is 5.98. The van der Waals surface area contributed by atoms with Gasteiger partial charge in [-0.3, -0.25) is 0 Å². The first-order chi connectivity index (χ1) is 8.25. The van der Waals surface area contributed by atoms with Gasteiger partial charge < -0.3 is 15.0 Å². The quantitative estimate of drug-likeness (QED) is 0.639. The van der Waals surface area contributed by atoms with Gasteiger partial charge in [-0.1, -0.05) is 40.6 Å². The molecular formula is C11H12N4O2. The number of anilines is 1. The van der Waals surface area contributed by atoms with E-state index in [4.69, 9.17) is 15.0 Å². The largest absolute Gasteiger partial charge is 0.404 e. The molecule has 0 atom stereocenters. The summed E-state index contributed by atoms with van der Waals surface area (Å²) in [5, 5.41) is 11.1. The Labute approximate surface area is 98.1 Å². The standard InChI is InChI=1S/C11H12N4O2/c1-8(9-5-3-2-4-6-9)15-16-7-10-13-14-11(12)17-10/h2-6H,7H2,1H3,(H2,12,14)/b15-8+. The molecule has 17 heavy (non-hydrogen) atoms. The molecule has 0 unspecified atom stereocenters. The van der Waals surface area contributed by atoms with Crippen molar-refractivity contribution in [3.05, 3.63) is 41.8 Å². The zero-order chi connectivity index (χ0) is 12.1. The van der Waals surface area contributed by atoms with Crippen LogP contribution in [0.4, 0.5) is 6.01 Å². The molecule has 0 fully saturated rings. The van der Waals surface area contributed by atoms with Gasteiger partial charge in [0, 0.05) is 0 Å². The molecule has 0 aliphatic heterocycles. The Morgan fingerprint density at radius 1 is 1.35 bits per heavy atom. The molecule has 0 aliphatic rings. The van der Waals surface area contributed by atoms with E-state index in [2.05, 4.69) is 15.4 Å². The van der Waals surface area contributed by atoms with Gasteiger partial charge in [0.05, 0.1) is 5.71 Å². The van der Waals surface area contributed by atoms with Crippen LogP contribution in [0.5, 0.6) is 0 Å². The van der Waals surface area contributed by atoms with Crippen LogP contribution >= 0.6 is 0 Å². The zero-order valence-corrected chi connectivity index (χ0v) is 9.33. The lowest BCUT2D eigenvalue weighted by atomic mass is 10.1. The molecule has 88 valence electrons. The number of nitrogen functional groups attached to an aromatic ring is 1. The van der Waals surface area contributed by atoms with Gasteiger partial charge in [-0.15, -0.1) is 5.10 Å². The summed E-state index contributed by atoms with van der Waals surface area (Å²) in [6.45, 7) is 1.96. The first-order valence-corrected chi connectivity index (χ1v) is 5.05. The number of rotatable bonds is 4. The molecule has 0 bridgehead atoms. The highest BCUT2D eigenvalue weighted by Crippen LogP contribution is 2.04. The fourth-order valence-electron chi connectivity index (χ4n) is 1.24. The van der Waals surface area contributed by atoms with Crippen LogP contribution in [0.25, 0.3) is 0 Å². The Bertz CT molecular complexity index is 507. The molecule has 0 saturated heterocycles. The maximum absolute atomic E-state index is 5.27. The van der Waals surface area contributed by atoms with Gasteiger partial charge in [0.25, 0.3) is 5.89 Å². The van der Waals surface area contributed by atoms with Crippen LogP contribution in [-0.4, -0.2) is 15.9 Å². The molecule has 2 rings (SSSR count). The van der Waals surface area contributed by atoms with E-state index in [-0.39, 0.29) is 12.6 Å². The summed E-state index contributed by atoms with van der Waals surface area (Å²) in [7, 11) is 0. The Morgan fingerprint density at radius 3 is 2.76 bits per heavy atom. The molecule has 2 aromatic rings. The summed E-state index contributed by atoms with van der Waals surface area (Å²) < 4.78 is 4.93. The average Bonchev–Trinajstić information content (AvgIpc) is 2.76. The summed E-state index contributed by atoms with van der Waals surface area (Å²) in [4.78, 5) is 5.09. The molecule has 2 N–H and O–H groups in total. The molecule has 1 aromatic heterocycles. The van der Waals surface area contributed by atoms with E-state index < -0.39 is 0 Å². The molecule has 0 aliphatic carbocycles. The van der Waals surface area contributed by atoms with E-state index in [0.717, 1.165) is 11.3 Å². The van der Waals surface area contributed by atoms with Crippen molar-refractivity contribution in [2.45, 2.75) is 13.5 Å². The molecule has 6 heteroatoms. The molecule has 0 saturated carbocycles. The lowest BCUT2D eigenvalue weighted by molar-refractivity contribution is 0.111. The summed E-state index contributed by atoms with van der Waals surface area (Å²) in [5.74, 6) is 0.298. The number of hydrogen-bond acceptors (Lipinski definition) is 6. The number of benzene rings is 1. The molecule has 0 amide bonds. The van der Waals surface area contributed by atoms with E-state index in [1.807, 2.05) is 37.3 Å². The third-order valence-electron chi connectivity index (χ3n) is 2.06. The van der Waals surface area contributed by atoms with Crippen molar-refractivity contribution in [3.63, 3.8) is 0 Å². The van der Waals surface area contributed by atoms with E-state index in [1.54, 1.807) is 0 Å². The zero-order valence-electron chi connectivity index (χ0n) is 9.33. The van der Waals surface area contributed by atoms with E-state index in [9.17, 15) is 0 Å². The normalized spacial score (nSPS) is 11.5. The third kappa shape index (κ3) is 3.04. The lowest BCUT2D eigenvalue weighted by Crippen LogP contribution is -1.96. The highest BCUT2D eigenvalue weighted by atomic mass is 16.6. The van der Waals surface area contributed by atoms with Gasteiger partial charge in [-0.2, -0.15) is 0 Å². The van der Waals surface area contributed by atoms with Gasteiger partial charge in [0.15, 0.2) is 6.61 Å². The van der Waals surface area contributed by atoms with Crippen molar-refractivity contribution in [1.29, 1.82) is 0 Å². The lowest BCUT2D eigenvalue weighted by Gasteiger charge is -1.99. The van der Waals surface area contributed by atoms with Crippen LogP contribution in [0.3, 0.4) is 0 Å². The molecule has 0 radical (unpaired) electrons. The number of hydrogen-bond donors (Lipinski definition) is 1. The minimum atomic E-state index is 0.0207. The van der Waals surface area contributed by atoms with Crippen LogP contribution in [0.2, 0.25) is 0 Å². The molecule has 1 aromatic carbocycles. The van der Waals surface area contributed by atoms with Crippen molar-refractivity contribution in [2.75, 3.05) is 5.73 Å². The predicted octanol–water partition coefficient (Wildman–Crippen LogP) is 1.59. The second kappa shape index (κ2) is 5.11. The molecular weight excluding hydrogens is 220 g/mol. The number of nitrogens with zero attached hydrogens (tertiary/aromatic N) is 3. The van der Waals surface area contributed by atoms with Crippen molar-refractivity contribution >= 4 is 11.7 Å². The van der Waals surface area contributed by atoms with Crippen molar-refractivity contribution in [2.24, 2.45) is 5.16 Å². The van der Waals surface area contributed by atoms with Crippen LogP contribution in [-0.2, 0) is 11.4 Å². The Morgan fingerprint density at radius 2 is 2.12 bits per heavy atom. The van der Waals surface area contributed by atoms with Gasteiger partial charge in [0.2, 0.25) is 0 Å². The molecule has 1 heterocycles. The Balaban J connectivity index is 1.93. The summed E-state index contributed by atoms with van der Waals surface area (Å²) >= 11 is 0.